The number of carboxylic acids is 1. The number of carbonyl (C=O) groups is 1. The fourth-order valence-corrected chi connectivity index (χ4v) is 1.49. The molecule has 6 heteroatoms. The molecule has 0 saturated heterocycles. The lowest BCUT2D eigenvalue weighted by atomic mass is 10.3. The maximum atomic E-state index is 10.5. The molecule has 2 rings (SSSR count). The van der Waals surface area contributed by atoms with Gasteiger partial charge in [0.2, 0.25) is 5.28 Å². The van der Waals surface area contributed by atoms with E-state index in [1.165, 1.54) is 6.33 Å². The zero-order valence-electron chi connectivity index (χ0n) is 6.72. The molecule has 1 aliphatic rings. The van der Waals surface area contributed by atoms with E-state index in [4.69, 9.17) is 16.7 Å². The van der Waals surface area contributed by atoms with Crippen molar-refractivity contribution in [2.45, 2.75) is 13.0 Å². The average molecular weight is 202 g/mol. The van der Waals surface area contributed by atoms with E-state index in [0.29, 0.717) is 6.54 Å². The van der Waals surface area contributed by atoms with Gasteiger partial charge >= 0.3 is 5.97 Å². The van der Waals surface area contributed by atoms with Gasteiger partial charge in [0, 0.05) is 6.54 Å². The van der Waals surface area contributed by atoms with Crippen LogP contribution in [0.4, 0.5) is 0 Å². The molecule has 1 fully saturated rings. The summed E-state index contributed by atoms with van der Waals surface area (Å²) in [4.78, 5) is 14.2. The standard InChI is InChI=1S/C7H8ClN3O2/c8-7-9-3-11(10-7)2-4-1-5(4)6(12)13/h3-5H,1-2H2,(H,12,13)/t4-,5+/m0/s1. The molecule has 1 aromatic rings. The van der Waals surface area contributed by atoms with Crippen LogP contribution in [-0.4, -0.2) is 25.8 Å². The van der Waals surface area contributed by atoms with E-state index in [1.54, 1.807) is 4.68 Å². The minimum absolute atomic E-state index is 0.190. The van der Waals surface area contributed by atoms with Crippen molar-refractivity contribution in [1.29, 1.82) is 0 Å². The molecular weight excluding hydrogens is 194 g/mol. The van der Waals surface area contributed by atoms with E-state index in [0.717, 1.165) is 6.42 Å². The van der Waals surface area contributed by atoms with Crippen molar-refractivity contribution in [1.82, 2.24) is 14.8 Å². The Labute approximate surface area is 79.3 Å². The highest BCUT2D eigenvalue weighted by atomic mass is 35.5. The van der Waals surface area contributed by atoms with Crippen molar-refractivity contribution >= 4 is 17.6 Å². The van der Waals surface area contributed by atoms with Gasteiger partial charge in [-0.05, 0) is 23.9 Å². The monoisotopic (exact) mass is 201 g/mol. The Kier molecular flexibility index (Phi) is 1.95. The Morgan fingerprint density at radius 3 is 3.08 bits per heavy atom. The molecule has 1 saturated carbocycles. The largest absolute Gasteiger partial charge is 0.481 e. The molecule has 0 aliphatic heterocycles. The van der Waals surface area contributed by atoms with Crippen LogP contribution in [0.25, 0.3) is 0 Å². The van der Waals surface area contributed by atoms with Crippen LogP contribution in [0.3, 0.4) is 0 Å². The van der Waals surface area contributed by atoms with Crippen LogP contribution in [0.2, 0.25) is 5.28 Å². The quantitative estimate of drug-likeness (QED) is 0.780. The third-order valence-corrected chi connectivity index (χ3v) is 2.34. The Bertz CT molecular complexity index is 338. The Balaban J connectivity index is 1.91. The van der Waals surface area contributed by atoms with E-state index in [1.807, 2.05) is 0 Å². The van der Waals surface area contributed by atoms with Gasteiger partial charge in [-0.25, -0.2) is 4.98 Å². The number of aromatic nitrogens is 3. The number of nitrogens with zero attached hydrogens (tertiary/aromatic N) is 3. The number of rotatable bonds is 3. The van der Waals surface area contributed by atoms with Crippen molar-refractivity contribution in [3.63, 3.8) is 0 Å². The van der Waals surface area contributed by atoms with E-state index in [9.17, 15) is 4.79 Å². The summed E-state index contributed by atoms with van der Waals surface area (Å²) in [6.07, 6.45) is 2.24. The average Bonchev–Trinajstić information content (AvgIpc) is 2.69. The summed E-state index contributed by atoms with van der Waals surface area (Å²) < 4.78 is 1.58. The second kappa shape index (κ2) is 2.99. The molecule has 13 heavy (non-hydrogen) atoms. The van der Waals surface area contributed by atoms with Gasteiger partial charge in [0.1, 0.15) is 6.33 Å². The third-order valence-electron chi connectivity index (χ3n) is 2.17. The number of hydrogen-bond acceptors (Lipinski definition) is 3. The molecule has 5 nitrogen and oxygen atoms in total. The molecule has 1 N–H and O–H groups in total. The van der Waals surface area contributed by atoms with Crippen LogP contribution in [0.1, 0.15) is 6.42 Å². The molecule has 1 heterocycles. The van der Waals surface area contributed by atoms with Crippen molar-refractivity contribution in [3.8, 4) is 0 Å². The van der Waals surface area contributed by atoms with Crippen LogP contribution in [-0.2, 0) is 11.3 Å². The van der Waals surface area contributed by atoms with Crippen molar-refractivity contribution in [2.75, 3.05) is 0 Å². The number of halogens is 1. The molecule has 0 amide bonds. The van der Waals surface area contributed by atoms with Gasteiger partial charge in [-0.15, -0.1) is 5.10 Å². The normalized spacial score (nSPS) is 25.9. The predicted molar refractivity (Wildman–Crippen MR) is 44.3 cm³/mol. The molecule has 1 aromatic heterocycles. The molecule has 0 aromatic carbocycles. The van der Waals surface area contributed by atoms with Crippen LogP contribution < -0.4 is 0 Å². The smallest absolute Gasteiger partial charge is 0.306 e. The fourth-order valence-electron chi connectivity index (χ4n) is 1.35. The topological polar surface area (TPSA) is 68.0 Å². The second-order valence-corrected chi connectivity index (χ2v) is 3.51. The molecule has 2 atom stereocenters. The van der Waals surface area contributed by atoms with Gasteiger partial charge in [-0.1, -0.05) is 0 Å². The van der Waals surface area contributed by atoms with Crippen molar-refractivity contribution in [2.24, 2.45) is 11.8 Å². The lowest BCUT2D eigenvalue weighted by Gasteiger charge is -1.96. The summed E-state index contributed by atoms with van der Waals surface area (Å²) in [7, 11) is 0. The van der Waals surface area contributed by atoms with Crippen LogP contribution in [0.5, 0.6) is 0 Å². The number of aliphatic carboxylic acids is 1. The van der Waals surface area contributed by atoms with E-state index < -0.39 is 5.97 Å². The first kappa shape index (κ1) is 8.50. The molecule has 1 aliphatic carbocycles. The van der Waals surface area contributed by atoms with Crippen LogP contribution >= 0.6 is 11.6 Å². The minimum Gasteiger partial charge on any atom is -0.481 e. The zero-order valence-corrected chi connectivity index (χ0v) is 7.48. The van der Waals surface area contributed by atoms with Crippen LogP contribution in [0.15, 0.2) is 6.33 Å². The lowest BCUT2D eigenvalue weighted by Crippen LogP contribution is -2.06. The minimum atomic E-state index is -0.726. The number of hydrogen-bond donors (Lipinski definition) is 1. The highest BCUT2D eigenvalue weighted by Crippen LogP contribution is 2.39. The predicted octanol–water partition coefficient (Wildman–Crippen LogP) is 0.652. The zero-order chi connectivity index (χ0) is 9.42. The molecule has 70 valence electrons. The highest BCUT2D eigenvalue weighted by molar-refractivity contribution is 6.28. The maximum Gasteiger partial charge on any atom is 0.306 e. The summed E-state index contributed by atoms with van der Waals surface area (Å²) in [6.45, 7) is 0.594. The first-order valence-corrected chi connectivity index (χ1v) is 4.32. The summed E-state index contributed by atoms with van der Waals surface area (Å²) in [5.41, 5.74) is 0. The van der Waals surface area contributed by atoms with Gasteiger partial charge in [0.05, 0.1) is 5.92 Å². The molecular formula is C7H8ClN3O2. The van der Waals surface area contributed by atoms with E-state index >= 15 is 0 Å². The fraction of sp³-hybridized carbons (Fsp3) is 0.571. The third kappa shape index (κ3) is 1.80. The first-order chi connectivity index (χ1) is 6.16. The van der Waals surface area contributed by atoms with Gasteiger partial charge in [0.15, 0.2) is 0 Å². The summed E-state index contributed by atoms with van der Waals surface area (Å²) >= 11 is 5.50. The van der Waals surface area contributed by atoms with Gasteiger partial charge in [-0.2, -0.15) is 0 Å². The van der Waals surface area contributed by atoms with E-state index in [-0.39, 0.29) is 17.1 Å². The van der Waals surface area contributed by atoms with Gasteiger partial charge < -0.3 is 5.11 Å². The van der Waals surface area contributed by atoms with E-state index in [2.05, 4.69) is 10.1 Å². The summed E-state index contributed by atoms with van der Waals surface area (Å²) in [5, 5.41) is 12.7. The Morgan fingerprint density at radius 1 is 1.85 bits per heavy atom. The van der Waals surface area contributed by atoms with Gasteiger partial charge in [0.25, 0.3) is 0 Å². The number of carboxylic acid groups (broad SMARTS) is 1. The molecule has 0 spiro atoms. The van der Waals surface area contributed by atoms with Gasteiger partial charge in [-0.3, -0.25) is 9.48 Å². The SMILES string of the molecule is O=C(O)[C@@H]1C[C@H]1Cn1cnc(Cl)n1. The highest BCUT2D eigenvalue weighted by Gasteiger charge is 2.43. The Morgan fingerprint density at radius 2 is 2.62 bits per heavy atom. The summed E-state index contributed by atoms with van der Waals surface area (Å²) in [6, 6.07) is 0. The Hall–Kier alpha value is -1.10. The molecule has 0 bridgehead atoms. The molecule has 0 radical (unpaired) electrons. The summed E-state index contributed by atoms with van der Waals surface area (Å²) in [5.74, 6) is -0.741. The molecule has 0 unspecified atom stereocenters. The lowest BCUT2D eigenvalue weighted by molar-refractivity contribution is -0.138. The van der Waals surface area contributed by atoms with Crippen molar-refractivity contribution < 1.29 is 9.90 Å². The van der Waals surface area contributed by atoms with Crippen LogP contribution in [0, 0.1) is 11.8 Å². The van der Waals surface area contributed by atoms with Crippen molar-refractivity contribution in [3.05, 3.63) is 11.6 Å². The second-order valence-electron chi connectivity index (χ2n) is 3.18. The first-order valence-electron chi connectivity index (χ1n) is 3.94. The maximum absolute atomic E-state index is 10.5.